The second kappa shape index (κ2) is 5.71. The molecule has 19 heavy (non-hydrogen) atoms. The third kappa shape index (κ3) is 3.45. The number of carbonyl (C=O) groups is 1. The molecule has 0 saturated carbocycles. The predicted molar refractivity (Wildman–Crippen MR) is 78.0 cm³/mol. The summed E-state index contributed by atoms with van der Waals surface area (Å²) in [4.78, 5) is 18.1. The van der Waals surface area contributed by atoms with E-state index in [4.69, 9.17) is 11.6 Å². The van der Waals surface area contributed by atoms with Crippen molar-refractivity contribution in [3.05, 3.63) is 53.2 Å². The standard InChI is InChI=1S/C14H14ClN3O/c1-18(2)13-8-7-12(9-16-13)17-14(19)10-3-5-11(15)6-4-10/h3-9H,1-2H3,(H,17,19). The summed E-state index contributed by atoms with van der Waals surface area (Å²) in [6, 6.07) is 10.4. The number of hydrogen-bond acceptors (Lipinski definition) is 3. The van der Waals surface area contributed by atoms with E-state index in [9.17, 15) is 4.79 Å². The molecule has 5 heteroatoms. The molecular weight excluding hydrogens is 262 g/mol. The zero-order valence-electron chi connectivity index (χ0n) is 10.7. The summed E-state index contributed by atoms with van der Waals surface area (Å²) in [7, 11) is 3.82. The Morgan fingerprint density at radius 1 is 1.16 bits per heavy atom. The van der Waals surface area contributed by atoms with Gasteiger partial charge in [-0.1, -0.05) is 11.6 Å². The van der Waals surface area contributed by atoms with Gasteiger partial charge in [0, 0.05) is 24.7 Å². The van der Waals surface area contributed by atoms with Crippen LogP contribution < -0.4 is 10.2 Å². The van der Waals surface area contributed by atoms with Gasteiger partial charge in [-0.05, 0) is 36.4 Å². The van der Waals surface area contributed by atoms with Gasteiger partial charge in [-0.3, -0.25) is 4.79 Å². The first-order valence-corrected chi connectivity index (χ1v) is 6.14. The Morgan fingerprint density at radius 2 is 1.84 bits per heavy atom. The quantitative estimate of drug-likeness (QED) is 0.936. The van der Waals surface area contributed by atoms with E-state index in [1.807, 2.05) is 31.1 Å². The lowest BCUT2D eigenvalue weighted by atomic mass is 10.2. The van der Waals surface area contributed by atoms with E-state index >= 15 is 0 Å². The Kier molecular flexibility index (Phi) is 4.02. The first-order chi connectivity index (χ1) is 9.06. The number of amides is 1. The van der Waals surface area contributed by atoms with Crippen molar-refractivity contribution in [3.63, 3.8) is 0 Å². The summed E-state index contributed by atoms with van der Waals surface area (Å²) < 4.78 is 0. The highest BCUT2D eigenvalue weighted by molar-refractivity contribution is 6.30. The van der Waals surface area contributed by atoms with Crippen molar-refractivity contribution in [2.45, 2.75) is 0 Å². The average Bonchev–Trinajstić information content (AvgIpc) is 2.40. The molecule has 0 spiro atoms. The Morgan fingerprint density at radius 3 is 2.37 bits per heavy atom. The lowest BCUT2D eigenvalue weighted by Crippen LogP contribution is -2.13. The molecule has 0 aliphatic rings. The molecule has 2 rings (SSSR count). The van der Waals surface area contributed by atoms with E-state index < -0.39 is 0 Å². The van der Waals surface area contributed by atoms with Gasteiger partial charge in [-0.2, -0.15) is 0 Å². The first kappa shape index (κ1) is 13.4. The van der Waals surface area contributed by atoms with Crippen LogP contribution in [-0.4, -0.2) is 25.0 Å². The fraction of sp³-hybridized carbons (Fsp3) is 0.143. The third-order valence-electron chi connectivity index (χ3n) is 2.57. The summed E-state index contributed by atoms with van der Waals surface area (Å²) in [5, 5.41) is 3.39. The third-order valence-corrected chi connectivity index (χ3v) is 2.82. The van der Waals surface area contributed by atoms with Crippen molar-refractivity contribution in [3.8, 4) is 0 Å². The average molecular weight is 276 g/mol. The van der Waals surface area contributed by atoms with Crippen LogP contribution in [0.1, 0.15) is 10.4 Å². The number of carbonyl (C=O) groups excluding carboxylic acids is 1. The van der Waals surface area contributed by atoms with Crippen LogP contribution >= 0.6 is 11.6 Å². The molecule has 0 fully saturated rings. The molecule has 98 valence electrons. The van der Waals surface area contributed by atoms with Crippen LogP contribution in [-0.2, 0) is 0 Å². The Bertz CT molecular complexity index is 564. The zero-order valence-corrected chi connectivity index (χ0v) is 11.5. The Labute approximate surface area is 117 Å². The lowest BCUT2D eigenvalue weighted by Gasteiger charge is -2.11. The fourth-order valence-electron chi connectivity index (χ4n) is 1.53. The summed E-state index contributed by atoms with van der Waals surface area (Å²) >= 11 is 5.78. The van der Waals surface area contributed by atoms with Crippen LogP contribution in [0.4, 0.5) is 11.5 Å². The van der Waals surface area contributed by atoms with Crippen molar-refractivity contribution >= 4 is 29.0 Å². The molecule has 4 nitrogen and oxygen atoms in total. The molecule has 2 aromatic rings. The normalized spacial score (nSPS) is 10.1. The van der Waals surface area contributed by atoms with Crippen LogP contribution in [0.15, 0.2) is 42.6 Å². The number of pyridine rings is 1. The van der Waals surface area contributed by atoms with Crippen LogP contribution in [0, 0.1) is 0 Å². The van der Waals surface area contributed by atoms with Crippen LogP contribution in [0.25, 0.3) is 0 Å². The molecule has 1 N–H and O–H groups in total. The van der Waals surface area contributed by atoms with Crippen LogP contribution in [0.3, 0.4) is 0 Å². The van der Waals surface area contributed by atoms with Gasteiger partial charge in [-0.15, -0.1) is 0 Å². The van der Waals surface area contributed by atoms with E-state index in [0.29, 0.717) is 16.3 Å². The van der Waals surface area contributed by atoms with Gasteiger partial charge in [0.15, 0.2) is 0 Å². The van der Waals surface area contributed by atoms with Gasteiger partial charge >= 0.3 is 0 Å². The highest BCUT2D eigenvalue weighted by Crippen LogP contribution is 2.14. The lowest BCUT2D eigenvalue weighted by molar-refractivity contribution is 0.102. The Balaban J connectivity index is 2.08. The molecule has 0 radical (unpaired) electrons. The highest BCUT2D eigenvalue weighted by atomic mass is 35.5. The van der Waals surface area contributed by atoms with Crippen molar-refractivity contribution in [1.29, 1.82) is 0 Å². The van der Waals surface area contributed by atoms with Gasteiger partial charge in [0.1, 0.15) is 5.82 Å². The molecule has 1 heterocycles. The van der Waals surface area contributed by atoms with E-state index in [1.165, 1.54) is 0 Å². The van der Waals surface area contributed by atoms with E-state index in [0.717, 1.165) is 5.82 Å². The summed E-state index contributed by atoms with van der Waals surface area (Å²) in [5.74, 6) is 0.653. The second-order valence-electron chi connectivity index (χ2n) is 4.26. The van der Waals surface area contributed by atoms with Crippen LogP contribution in [0.2, 0.25) is 5.02 Å². The number of hydrogen-bond donors (Lipinski definition) is 1. The molecule has 0 aliphatic carbocycles. The number of anilines is 2. The molecule has 0 unspecified atom stereocenters. The SMILES string of the molecule is CN(C)c1ccc(NC(=O)c2ccc(Cl)cc2)cn1. The number of nitrogens with zero attached hydrogens (tertiary/aromatic N) is 2. The Hall–Kier alpha value is -2.07. The number of benzene rings is 1. The van der Waals surface area contributed by atoms with Gasteiger partial charge < -0.3 is 10.2 Å². The van der Waals surface area contributed by atoms with Crippen molar-refractivity contribution in [2.75, 3.05) is 24.3 Å². The molecule has 1 aromatic carbocycles. The predicted octanol–water partition coefficient (Wildman–Crippen LogP) is 3.05. The summed E-state index contributed by atoms with van der Waals surface area (Å²) in [6.45, 7) is 0. The molecule has 0 saturated heterocycles. The second-order valence-corrected chi connectivity index (χ2v) is 4.70. The van der Waals surface area contributed by atoms with Crippen molar-refractivity contribution in [2.24, 2.45) is 0 Å². The fourth-order valence-corrected chi connectivity index (χ4v) is 1.66. The number of halogens is 1. The van der Waals surface area contributed by atoms with Gasteiger partial charge in [-0.25, -0.2) is 4.98 Å². The van der Waals surface area contributed by atoms with Crippen molar-refractivity contribution < 1.29 is 4.79 Å². The van der Waals surface area contributed by atoms with Crippen molar-refractivity contribution in [1.82, 2.24) is 4.98 Å². The summed E-state index contributed by atoms with van der Waals surface area (Å²) in [5.41, 5.74) is 1.21. The molecule has 0 bridgehead atoms. The minimum absolute atomic E-state index is 0.184. The monoisotopic (exact) mass is 275 g/mol. The maximum absolute atomic E-state index is 12.0. The van der Waals surface area contributed by atoms with E-state index in [-0.39, 0.29) is 5.91 Å². The molecule has 0 aliphatic heterocycles. The van der Waals surface area contributed by atoms with Gasteiger partial charge in [0.05, 0.1) is 11.9 Å². The zero-order chi connectivity index (χ0) is 13.8. The number of rotatable bonds is 3. The largest absolute Gasteiger partial charge is 0.363 e. The summed E-state index contributed by atoms with van der Waals surface area (Å²) in [6.07, 6.45) is 1.63. The molecule has 1 aromatic heterocycles. The minimum Gasteiger partial charge on any atom is -0.363 e. The van der Waals surface area contributed by atoms with Gasteiger partial charge in [0.2, 0.25) is 0 Å². The molecule has 0 atom stereocenters. The van der Waals surface area contributed by atoms with E-state index in [2.05, 4.69) is 10.3 Å². The maximum Gasteiger partial charge on any atom is 0.255 e. The van der Waals surface area contributed by atoms with E-state index in [1.54, 1.807) is 30.5 Å². The molecule has 1 amide bonds. The maximum atomic E-state index is 12.0. The van der Waals surface area contributed by atoms with Crippen LogP contribution in [0.5, 0.6) is 0 Å². The van der Waals surface area contributed by atoms with Gasteiger partial charge in [0.25, 0.3) is 5.91 Å². The minimum atomic E-state index is -0.184. The number of aromatic nitrogens is 1. The smallest absolute Gasteiger partial charge is 0.255 e. The first-order valence-electron chi connectivity index (χ1n) is 5.76. The number of nitrogens with one attached hydrogen (secondary N) is 1. The highest BCUT2D eigenvalue weighted by Gasteiger charge is 2.06. The molecular formula is C14H14ClN3O. The topological polar surface area (TPSA) is 45.2 Å².